The molecule has 3 aromatic carbocycles. The number of benzene rings is 3. The Kier molecular flexibility index (Phi) is 9.68. The Bertz CT molecular complexity index is 1580. The smallest absolute Gasteiger partial charge is 0.244 e. The minimum atomic E-state index is -3.93. The quantitative estimate of drug-likeness (QED) is 0.308. The van der Waals surface area contributed by atoms with Crippen LogP contribution in [0.3, 0.4) is 0 Å². The van der Waals surface area contributed by atoms with Gasteiger partial charge in [0.2, 0.25) is 28.6 Å². The van der Waals surface area contributed by atoms with Crippen molar-refractivity contribution in [2.45, 2.75) is 50.7 Å². The van der Waals surface area contributed by atoms with Crippen LogP contribution >= 0.6 is 23.2 Å². The number of ether oxygens (including phenoxy) is 2. The summed E-state index contributed by atoms with van der Waals surface area (Å²) in [6.07, 6.45) is 5.03. The lowest BCUT2D eigenvalue weighted by Crippen LogP contribution is -2.54. The zero-order valence-electron chi connectivity index (χ0n) is 23.7. The van der Waals surface area contributed by atoms with Crippen molar-refractivity contribution in [2.75, 3.05) is 23.9 Å². The lowest BCUT2D eigenvalue weighted by molar-refractivity contribution is -0.140. The Labute approximate surface area is 261 Å². The van der Waals surface area contributed by atoms with E-state index in [9.17, 15) is 18.0 Å². The second kappa shape index (κ2) is 13.4. The van der Waals surface area contributed by atoms with Gasteiger partial charge in [0.05, 0.1) is 11.9 Å². The van der Waals surface area contributed by atoms with E-state index in [0.717, 1.165) is 41.8 Å². The van der Waals surface area contributed by atoms with E-state index in [1.807, 2.05) is 30.3 Å². The molecule has 0 spiro atoms. The van der Waals surface area contributed by atoms with Crippen molar-refractivity contribution in [3.63, 3.8) is 0 Å². The van der Waals surface area contributed by atoms with Gasteiger partial charge in [-0.1, -0.05) is 72.4 Å². The molecule has 1 unspecified atom stereocenters. The number of anilines is 1. The van der Waals surface area contributed by atoms with Gasteiger partial charge in [-0.2, -0.15) is 0 Å². The first-order valence-corrected chi connectivity index (χ1v) is 16.6. The first-order chi connectivity index (χ1) is 20.6. The zero-order valence-corrected chi connectivity index (χ0v) is 26.0. The highest BCUT2D eigenvalue weighted by Gasteiger charge is 2.35. The Morgan fingerprint density at radius 2 is 1.70 bits per heavy atom. The maximum absolute atomic E-state index is 14.3. The summed E-state index contributed by atoms with van der Waals surface area (Å²) in [6.45, 7) is -0.571. The summed E-state index contributed by atoms with van der Waals surface area (Å²) in [5.74, 6) is -0.0184. The van der Waals surface area contributed by atoms with Gasteiger partial charge in [0, 0.05) is 35.1 Å². The maximum atomic E-state index is 14.3. The van der Waals surface area contributed by atoms with Crippen molar-refractivity contribution >= 4 is 50.7 Å². The van der Waals surface area contributed by atoms with Crippen molar-refractivity contribution in [1.82, 2.24) is 10.2 Å². The van der Waals surface area contributed by atoms with E-state index in [-0.39, 0.29) is 37.4 Å². The van der Waals surface area contributed by atoms with Gasteiger partial charge in [0.1, 0.15) is 12.6 Å². The highest BCUT2D eigenvalue weighted by Crippen LogP contribution is 2.36. The largest absolute Gasteiger partial charge is 0.454 e. The third-order valence-corrected chi connectivity index (χ3v) is 9.38. The SMILES string of the molecule is CS(=O)(=O)N(CC(=O)N(Cc1ccc(Cl)cc1Cl)C(Cc1ccccc1)C(=O)NC1CCCC1)c1ccc2c(c1)OCO2. The van der Waals surface area contributed by atoms with E-state index < -0.39 is 28.5 Å². The molecular weight excluding hydrogens is 613 g/mol. The Balaban J connectivity index is 1.52. The van der Waals surface area contributed by atoms with Gasteiger partial charge in [-0.3, -0.25) is 13.9 Å². The van der Waals surface area contributed by atoms with Gasteiger partial charge >= 0.3 is 0 Å². The third-order valence-electron chi connectivity index (χ3n) is 7.65. The van der Waals surface area contributed by atoms with Crippen LogP contribution in [-0.2, 0) is 32.6 Å². The molecule has 12 heteroatoms. The molecule has 1 aliphatic carbocycles. The monoisotopic (exact) mass is 645 g/mol. The average Bonchev–Trinajstić information content (AvgIpc) is 3.66. The molecule has 228 valence electrons. The van der Waals surface area contributed by atoms with Crippen LogP contribution < -0.4 is 19.1 Å². The molecule has 0 saturated heterocycles. The van der Waals surface area contributed by atoms with Crippen LogP contribution in [0.4, 0.5) is 5.69 Å². The van der Waals surface area contributed by atoms with Crippen LogP contribution in [0.1, 0.15) is 36.8 Å². The molecule has 0 bridgehead atoms. The second-order valence-electron chi connectivity index (χ2n) is 10.8. The molecule has 3 aromatic rings. The Morgan fingerprint density at radius 3 is 2.40 bits per heavy atom. The summed E-state index contributed by atoms with van der Waals surface area (Å²) in [4.78, 5) is 29.6. The van der Waals surface area contributed by atoms with Gasteiger partial charge in [0.15, 0.2) is 11.5 Å². The van der Waals surface area contributed by atoms with Crippen molar-refractivity contribution in [2.24, 2.45) is 0 Å². The van der Waals surface area contributed by atoms with E-state index in [0.29, 0.717) is 27.1 Å². The number of nitrogens with zero attached hydrogens (tertiary/aromatic N) is 2. The number of carbonyl (C=O) groups is 2. The van der Waals surface area contributed by atoms with E-state index in [2.05, 4.69) is 5.32 Å². The van der Waals surface area contributed by atoms with Crippen molar-refractivity contribution in [3.05, 3.63) is 87.9 Å². The summed E-state index contributed by atoms with van der Waals surface area (Å²) in [6, 6.07) is 18.1. The van der Waals surface area contributed by atoms with Crippen molar-refractivity contribution in [1.29, 1.82) is 0 Å². The highest BCUT2D eigenvalue weighted by molar-refractivity contribution is 7.92. The van der Waals surface area contributed by atoms with Crippen molar-refractivity contribution in [3.8, 4) is 11.5 Å². The Hall–Kier alpha value is -3.47. The van der Waals surface area contributed by atoms with Gasteiger partial charge in [-0.05, 0) is 48.2 Å². The molecule has 43 heavy (non-hydrogen) atoms. The molecule has 1 aliphatic heterocycles. The first-order valence-electron chi connectivity index (χ1n) is 14.0. The first kappa shape index (κ1) is 31.0. The predicted molar refractivity (Wildman–Crippen MR) is 166 cm³/mol. The van der Waals surface area contributed by atoms with Crippen molar-refractivity contribution < 1.29 is 27.5 Å². The second-order valence-corrected chi connectivity index (χ2v) is 13.5. The molecule has 5 rings (SSSR count). The number of sulfonamides is 1. The highest BCUT2D eigenvalue weighted by atomic mass is 35.5. The standard InChI is InChI=1S/C31H33Cl2N3O6S/c1-43(39,40)36(25-13-14-28-29(17-25)42-20-41-28)19-30(37)35(18-22-11-12-23(32)16-26(22)33)27(15-21-7-3-2-4-8-21)31(38)34-24-9-5-6-10-24/h2-4,7-8,11-14,16-17,24,27H,5-6,9-10,15,18-20H2,1H3,(H,34,38). The number of fused-ring (bicyclic) bond motifs is 1. The van der Waals surface area contributed by atoms with Crippen LogP contribution in [0.5, 0.6) is 11.5 Å². The number of amides is 2. The summed E-state index contributed by atoms with van der Waals surface area (Å²) < 4.78 is 37.9. The van der Waals surface area contributed by atoms with Gasteiger partial charge in [-0.25, -0.2) is 8.42 Å². The molecular formula is C31H33Cl2N3O6S. The third kappa shape index (κ3) is 7.74. The normalized spacial score (nSPS) is 15.2. The molecule has 1 heterocycles. The summed E-state index contributed by atoms with van der Waals surface area (Å²) >= 11 is 12.7. The topological polar surface area (TPSA) is 105 Å². The van der Waals surface area contributed by atoms with Crippen LogP contribution in [-0.4, -0.2) is 56.8 Å². The molecule has 9 nitrogen and oxygen atoms in total. The number of hydrogen-bond acceptors (Lipinski definition) is 6. The number of carbonyl (C=O) groups excluding carboxylic acids is 2. The molecule has 1 N–H and O–H groups in total. The molecule has 2 amide bonds. The molecule has 1 atom stereocenters. The van der Waals surface area contributed by atoms with Gasteiger partial charge in [-0.15, -0.1) is 0 Å². The fourth-order valence-corrected chi connectivity index (χ4v) is 6.72. The fourth-order valence-electron chi connectivity index (χ4n) is 5.41. The van der Waals surface area contributed by atoms with E-state index in [1.165, 1.54) is 11.0 Å². The average molecular weight is 647 g/mol. The van der Waals surface area contributed by atoms with Crippen LogP contribution in [0, 0.1) is 0 Å². The minimum absolute atomic E-state index is 0.0167. The van der Waals surface area contributed by atoms with E-state index >= 15 is 0 Å². The summed E-state index contributed by atoms with van der Waals surface area (Å²) in [7, 11) is -3.93. The Morgan fingerprint density at radius 1 is 0.977 bits per heavy atom. The van der Waals surface area contributed by atoms with Gasteiger partial charge in [0.25, 0.3) is 0 Å². The fraction of sp³-hybridized carbons (Fsp3) is 0.355. The van der Waals surface area contributed by atoms with Gasteiger partial charge < -0.3 is 19.7 Å². The van der Waals surface area contributed by atoms with E-state index in [4.69, 9.17) is 32.7 Å². The molecule has 1 fully saturated rings. The molecule has 0 radical (unpaired) electrons. The molecule has 1 saturated carbocycles. The molecule has 0 aromatic heterocycles. The summed E-state index contributed by atoms with van der Waals surface area (Å²) in [5, 5.41) is 3.90. The maximum Gasteiger partial charge on any atom is 0.244 e. The number of halogens is 2. The summed E-state index contributed by atoms with van der Waals surface area (Å²) in [5.41, 5.74) is 1.66. The minimum Gasteiger partial charge on any atom is -0.454 e. The number of nitrogens with one attached hydrogen (secondary N) is 1. The van der Waals surface area contributed by atoms with E-state index in [1.54, 1.807) is 30.3 Å². The lowest BCUT2D eigenvalue weighted by Gasteiger charge is -2.34. The lowest BCUT2D eigenvalue weighted by atomic mass is 10.0. The number of hydrogen-bond donors (Lipinski definition) is 1. The van der Waals surface area contributed by atoms with Crippen LogP contribution in [0.25, 0.3) is 0 Å². The predicted octanol–water partition coefficient (Wildman–Crippen LogP) is 5.19. The van der Waals surface area contributed by atoms with Crippen LogP contribution in [0.15, 0.2) is 66.7 Å². The number of rotatable bonds is 11. The van der Waals surface area contributed by atoms with Crippen LogP contribution in [0.2, 0.25) is 10.0 Å². The zero-order chi connectivity index (χ0) is 30.6. The molecule has 2 aliphatic rings.